The van der Waals surface area contributed by atoms with Crippen LogP contribution in [0, 0.1) is 6.92 Å². The Morgan fingerprint density at radius 2 is 1.81 bits per heavy atom. The molecule has 2 nitrogen and oxygen atoms in total. The summed E-state index contributed by atoms with van der Waals surface area (Å²) in [5.41, 5.74) is 0.963. The van der Waals surface area contributed by atoms with E-state index in [1.165, 1.54) is 18.2 Å². The van der Waals surface area contributed by atoms with Gasteiger partial charge < -0.3 is 10.4 Å². The highest BCUT2D eigenvalue weighted by Crippen LogP contribution is 2.35. The highest BCUT2D eigenvalue weighted by molar-refractivity contribution is 5.48. The number of anilines is 1. The van der Waals surface area contributed by atoms with Gasteiger partial charge in [0.15, 0.2) is 0 Å². The Balaban J connectivity index is 2.34. The Labute approximate surface area is 121 Å². The van der Waals surface area contributed by atoms with Crippen LogP contribution in [0.15, 0.2) is 48.5 Å². The molecule has 0 saturated carbocycles. The quantitative estimate of drug-likeness (QED) is 0.887. The molecule has 1 unspecified atom stereocenters. The van der Waals surface area contributed by atoms with Crippen LogP contribution in [-0.4, -0.2) is 11.7 Å². The van der Waals surface area contributed by atoms with Gasteiger partial charge in [0, 0.05) is 5.69 Å². The highest BCUT2D eigenvalue weighted by atomic mass is 19.4. The summed E-state index contributed by atoms with van der Waals surface area (Å²) in [5.74, 6) is 0. The number of aryl methyl sites for hydroxylation is 1. The van der Waals surface area contributed by atoms with Crippen LogP contribution in [0.4, 0.5) is 18.9 Å². The van der Waals surface area contributed by atoms with E-state index in [1.54, 1.807) is 6.07 Å². The lowest BCUT2D eigenvalue weighted by molar-refractivity contribution is -0.138. The molecule has 0 aliphatic rings. The fourth-order valence-electron chi connectivity index (χ4n) is 2.22. The van der Waals surface area contributed by atoms with Crippen LogP contribution in [0.25, 0.3) is 0 Å². The van der Waals surface area contributed by atoms with Crippen molar-refractivity contribution in [3.63, 3.8) is 0 Å². The molecule has 0 saturated heterocycles. The van der Waals surface area contributed by atoms with E-state index in [9.17, 15) is 18.3 Å². The van der Waals surface area contributed by atoms with E-state index in [0.29, 0.717) is 5.69 Å². The molecule has 2 aromatic carbocycles. The number of hydrogen-bond donors (Lipinski definition) is 2. The number of aliphatic hydroxyl groups excluding tert-OH is 1. The van der Waals surface area contributed by atoms with Gasteiger partial charge in [-0.3, -0.25) is 0 Å². The molecule has 2 aromatic rings. The first-order valence-corrected chi connectivity index (χ1v) is 6.52. The summed E-state index contributed by atoms with van der Waals surface area (Å²) in [5, 5.41) is 12.4. The molecular formula is C16H16F3NO. The number of nitrogens with one attached hydrogen (secondary N) is 1. The lowest BCUT2D eigenvalue weighted by Crippen LogP contribution is -2.20. The van der Waals surface area contributed by atoms with E-state index in [1.807, 2.05) is 25.1 Å². The monoisotopic (exact) mass is 295 g/mol. The number of benzene rings is 2. The minimum atomic E-state index is -4.45. The topological polar surface area (TPSA) is 32.3 Å². The first kappa shape index (κ1) is 15.4. The maximum Gasteiger partial charge on any atom is 0.416 e. The van der Waals surface area contributed by atoms with Crippen molar-refractivity contribution >= 4 is 5.69 Å². The Hall–Kier alpha value is -2.01. The first-order valence-electron chi connectivity index (χ1n) is 6.52. The van der Waals surface area contributed by atoms with Gasteiger partial charge in [-0.05, 0) is 36.2 Å². The lowest BCUT2D eigenvalue weighted by Gasteiger charge is -2.22. The second-order valence-electron chi connectivity index (χ2n) is 4.83. The molecule has 2 rings (SSSR count). The smallest absolute Gasteiger partial charge is 0.394 e. The van der Waals surface area contributed by atoms with Gasteiger partial charge in [0.05, 0.1) is 18.2 Å². The molecule has 0 fully saturated rings. The number of aliphatic hydroxyl groups is 1. The van der Waals surface area contributed by atoms with Crippen molar-refractivity contribution in [1.82, 2.24) is 0 Å². The molecule has 112 valence electrons. The van der Waals surface area contributed by atoms with Crippen molar-refractivity contribution in [3.05, 3.63) is 65.2 Å². The lowest BCUT2D eigenvalue weighted by atomic mass is 10.00. The van der Waals surface area contributed by atoms with Gasteiger partial charge in [0.2, 0.25) is 0 Å². The Kier molecular flexibility index (Phi) is 4.53. The normalized spacial score (nSPS) is 13.0. The maximum absolute atomic E-state index is 13.0. The van der Waals surface area contributed by atoms with E-state index < -0.39 is 24.4 Å². The van der Waals surface area contributed by atoms with Crippen molar-refractivity contribution in [3.8, 4) is 0 Å². The second-order valence-corrected chi connectivity index (χ2v) is 4.83. The van der Waals surface area contributed by atoms with Crippen molar-refractivity contribution in [1.29, 1.82) is 0 Å². The minimum absolute atomic E-state index is 0.0361. The van der Waals surface area contributed by atoms with Gasteiger partial charge >= 0.3 is 6.18 Å². The molecule has 0 bridgehead atoms. The number of alkyl halides is 3. The van der Waals surface area contributed by atoms with Crippen molar-refractivity contribution in [2.24, 2.45) is 0 Å². The van der Waals surface area contributed by atoms with E-state index in [0.717, 1.165) is 11.6 Å². The molecule has 0 heterocycles. The Morgan fingerprint density at radius 3 is 2.43 bits per heavy atom. The van der Waals surface area contributed by atoms with Gasteiger partial charge in [-0.1, -0.05) is 30.3 Å². The molecule has 0 radical (unpaired) electrons. The van der Waals surface area contributed by atoms with Crippen LogP contribution in [0.3, 0.4) is 0 Å². The number of hydrogen-bond acceptors (Lipinski definition) is 2. The molecule has 0 spiro atoms. The van der Waals surface area contributed by atoms with E-state index >= 15 is 0 Å². The zero-order valence-corrected chi connectivity index (χ0v) is 11.5. The third-order valence-electron chi connectivity index (χ3n) is 3.18. The summed E-state index contributed by atoms with van der Waals surface area (Å²) in [6.07, 6.45) is -4.45. The standard InChI is InChI=1S/C16H16F3NO/c1-11-5-4-6-12(9-11)20-15(10-21)13-7-2-3-8-14(13)16(17,18)19/h2-9,15,20-21H,10H2,1H3. The summed E-state index contributed by atoms with van der Waals surface area (Å²) in [6, 6.07) is 11.7. The molecular weight excluding hydrogens is 279 g/mol. The van der Waals surface area contributed by atoms with Crippen LogP contribution in [0.1, 0.15) is 22.7 Å². The predicted octanol–water partition coefficient (Wildman–Crippen LogP) is 4.16. The van der Waals surface area contributed by atoms with Crippen molar-refractivity contribution in [2.45, 2.75) is 19.1 Å². The summed E-state index contributed by atoms with van der Waals surface area (Å²) >= 11 is 0. The molecule has 0 aromatic heterocycles. The molecule has 2 N–H and O–H groups in total. The van der Waals surface area contributed by atoms with E-state index in [4.69, 9.17) is 0 Å². The third-order valence-corrected chi connectivity index (χ3v) is 3.18. The van der Waals surface area contributed by atoms with Gasteiger partial charge in [-0.15, -0.1) is 0 Å². The van der Waals surface area contributed by atoms with Crippen molar-refractivity contribution in [2.75, 3.05) is 11.9 Å². The Bertz CT molecular complexity index is 610. The average molecular weight is 295 g/mol. The minimum Gasteiger partial charge on any atom is -0.394 e. The molecule has 0 aliphatic heterocycles. The molecule has 5 heteroatoms. The fourth-order valence-corrected chi connectivity index (χ4v) is 2.22. The number of halogens is 3. The van der Waals surface area contributed by atoms with Crippen molar-refractivity contribution < 1.29 is 18.3 Å². The highest BCUT2D eigenvalue weighted by Gasteiger charge is 2.34. The largest absolute Gasteiger partial charge is 0.416 e. The van der Waals surface area contributed by atoms with E-state index in [2.05, 4.69) is 5.32 Å². The second kappa shape index (κ2) is 6.18. The van der Waals surface area contributed by atoms with Gasteiger partial charge in [-0.25, -0.2) is 0 Å². The van der Waals surface area contributed by atoms with Gasteiger partial charge in [-0.2, -0.15) is 13.2 Å². The molecule has 21 heavy (non-hydrogen) atoms. The fraction of sp³-hybridized carbons (Fsp3) is 0.250. The third kappa shape index (κ3) is 3.76. The molecule has 0 aliphatic carbocycles. The van der Waals surface area contributed by atoms with Crippen LogP contribution in [-0.2, 0) is 6.18 Å². The summed E-state index contributed by atoms with van der Waals surface area (Å²) in [4.78, 5) is 0. The Morgan fingerprint density at radius 1 is 1.10 bits per heavy atom. The molecule has 0 amide bonds. The molecule has 1 atom stereocenters. The first-order chi connectivity index (χ1) is 9.91. The van der Waals surface area contributed by atoms with Crippen LogP contribution >= 0.6 is 0 Å². The van der Waals surface area contributed by atoms with Gasteiger partial charge in [0.1, 0.15) is 0 Å². The van der Waals surface area contributed by atoms with E-state index in [-0.39, 0.29) is 5.56 Å². The zero-order chi connectivity index (χ0) is 15.5. The maximum atomic E-state index is 13.0. The summed E-state index contributed by atoms with van der Waals surface area (Å²) in [7, 11) is 0. The predicted molar refractivity (Wildman–Crippen MR) is 76.1 cm³/mol. The summed E-state index contributed by atoms with van der Waals surface area (Å²) in [6.45, 7) is 1.46. The van der Waals surface area contributed by atoms with Crippen LogP contribution < -0.4 is 5.32 Å². The van der Waals surface area contributed by atoms with Crippen LogP contribution in [0.2, 0.25) is 0 Å². The zero-order valence-electron chi connectivity index (χ0n) is 11.5. The summed E-state index contributed by atoms with van der Waals surface area (Å²) < 4.78 is 39.1. The average Bonchev–Trinajstić information content (AvgIpc) is 2.44. The van der Waals surface area contributed by atoms with Crippen LogP contribution in [0.5, 0.6) is 0 Å². The number of rotatable bonds is 4. The van der Waals surface area contributed by atoms with Gasteiger partial charge in [0.25, 0.3) is 0 Å². The SMILES string of the molecule is Cc1cccc(NC(CO)c2ccccc2C(F)(F)F)c1.